The fraction of sp³-hybridized carbons (Fsp3) is 0.222. The van der Waals surface area contributed by atoms with Gasteiger partial charge in [-0.15, -0.1) is 0 Å². The third kappa shape index (κ3) is 5.16. The molecular weight excluding hydrogens is 451 g/mol. The van der Waals surface area contributed by atoms with Crippen molar-refractivity contribution in [3.05, 3.63) is 89.2 Å². The fourth-order valence-electron chi connectivity index (χ4n) is 4.37. The topological polar surface area (TPSA) is 105 Å². The number of aromatic carboxylic acids is 1. The van der Waals surface area contributed by atoms with Crippen LogP contribution in [-0.2, 0) is 9.53 Å². The first kappa shape index (κ1) is 23.9. The maximum Gasteiger partial charge on any atom is 0.407 e. The first-order chi connectivity index (χ1) is 16.7. The lowest BCUT2D eigenvalue weighted by molar-refractivity contribution is -0.117. The number of alkyl carbamates (subject to hydrolysis) is 1. The Balaban J connectivity index is 1.37. The van der Waals surface area contributed by atoms with E-state index in [1.807, 2.05) is 48.5 Å². The van der Waals surface area contributed by atoms with Crippen LogP contribution in [0.3, 0.4) is 0 Å². The lowest BCUT2D eigenvalue weighted by Crippen LogP contribution is -2.46. The number of ether oxygens (including phenoxy) is 1. The van der Waals surface area contributed by atoms with E-state index >= 15 is 0 Å². The maximum absolute atomic E-state index is 14.1. The number of carbonyl (C=O) groups excluding carboxylic acids is 2. The average molecular weight is 477 g/mol. The summed E-state index contributed by atoms with van der Waals surface area (Å²) in [7, 11) is 0. The number of rotatable bonds is 7. The molecule has 180 valence electrons. The van der Waals surface area contributed by atoms with Crippen LogP contribution in [-0.4, -0.2) is 35.2 Å². The number of carboxylic acid groups (broad SMARTS) is 1. The van der Waals surface area contributed by atoms with Gasteiger partial charge in [-0.25, -0.2) is 14.0 Å². The van der Waals surface area contributed by atoms with Gasteiger partial charge in [0.25, 0.3) is 0 Å². The molecule has 0 radical (unpaired) electrons. The van der Waals surface area contributed by atoms with Crippen LogP contribution in [0.15, 0.2) is 66.7 Å². The van der Waals surface area contributed by atoms with Gasteiger partial charge in [0, 0.05) is 17.9 Å². The van der Waals surface area contributed by atoms with Gasteiger partial charge in [-0.1, -0.05) is 54.6 Å². The van der Waals surface area contributed by atoms with Gasteiger partial charge in [0.15, 0.2) is 0 Å². The zero-order valence-electron chi connectivity index (χ0n) is 19.3. The Kier molecular flexibility index (Phi) is 6.55. The fourth-order valence-corrected chi connectivity index (χ4v) is 4.37. The van der Waals surface area contributed by atoms with E-state index in [1.54, 1.807) is 13.8 Å². The zero-order valence-corrected chi connectivity index (χ0v) is 19.3. The van der Waals surface area contributed by atoms with Crippen molar-refractivity contribution in [2.24, 2.45) is 0 Å². The quantitative estimate of drug-likeness (QED) is 0.436. The van der Waals surface area contributed by atoms with E-state index in [1.165, 1.54) is 12.1 Å². The Morgan fingerprint density at radius 3 is 2.14 bits per heavy atom. The second-order valence-electron chi connectivity index (χ2n) is 9.03. The molecule has 0 heterocycles. The molecule has 1 aliphatic carbocycles. The Labute approximate surface area is 201 Å². The van der Waals surface area contributed by atoms with Crippen molar-refractivity contribution in [3.8, 4) is 11.1 Å². The summed E-state index contributed by atoms with van der Waals surface area (Å²) in [6.45, 7) is 3.36. The van der Waals surface area contributed by atoms with Gasteiger partial charge in [-0.05, 0) is 48.2 Å². The molecule has 0 spiro atoms. The van der Waals surface area contributed by atoms with E-state index in [4.69, 9.17) is 4.74 Å². The molecule has 1 aliphatic rings. The molecule has 2 amide bonds. The molecule has 0 saturated carbocycles. The lowest BCUT2D eigenvalue weighted by atomic mass is 9.98. The molecule has 3 aromatic carbocycles. The number of amides is 2. The van der Waals surface area contributed by atoms with Gasteiger partial charge in [0.2, 0.25) is 5.91 Å². The number of hydrogen-bond acceptors (Lipinski definition) is 4. The largest absolute Gasteiger partial charge is 0.478 e. The van der Waals surface area contributed by atoms with Crippen LogP contribution < -0.4 is 10.6 Å². The minimum absolute atomic E-state index is 0.102. The Morgan fingerprint density at radius 1 is 0.943 bits per heavy atom. The molecule has 0 bridgehead atoms. The van der Waals surface area contributed by atoms with Crippen LogP contribution in [0.5, 0.6) is 0 Å². The molecule has 4 rings (SSSR count). The van der Waals surface area contributed by atoms with Crippen molar-refractivity contribution in [2.45, 2.75) is 31.7 Å². The molecule has 0 saturated heterocycles. The Morgan fingerprint density at radius 2 is 1.54 bits per heavy atom. The summed E-state index contributed by atoms with van der Waals surface area (Å²) in [4.78, 5) is 36.4. The Bertz CT molecular complexity index is 1260. The molecule has 0 atom stereocenters. The Hall–Kier alpha value is -4.20. The molecule has 3 N–H and O–H groups in total. The van der Waals surface area contributed by atoms with Crippen molar-refractivity contribution < 1.29 is 28.6 Å². The highest BCUT2D eigenvalue weighted by Crippen LogP contribution is 2.44. The number of fused-ring (bicyclic) bond motifs is 3. The molecule has 7 nitrogen and oxygen atoms in total. The maximum atomic E-state index is 14.1. The first-order valence-electron chi connectivity index (χ1n) is 11.1. The van der Waals surface area contributed by atoms with Crippen LogP contribution in [0, 0.1) is 5.82 Å². The number of carboxylic acids is 1. The van der Waals surface area contributed by atoms with E-state index in [9.17, 15) is 23.9 Å². The second kappa shape index (κ2) is 9.58. The SMILES string of the molecule is CC(C)(CC(=O)Nc1c(F)cccc1C(=O)O)NC(=O)OCC1c2ccccc2-c2ccccc21. The van der Waals surface area contributed by atoms with E-state index in [0.29, 0.717) is 0 Å². The summed E-state index contributed by atoms with van der Waals surface area (Å²) in [5.41, 5.74) is 2.58. The van der Waals surface area contributed by atoms with Crippen molar-refractivity contribution in [1.29, 1.82) is 0 Å². The third-order valence-corrected chi connectivity index (χ3v) is 5.90. The molecular formula is C27H25FN2O5. The summed E-state index contributed by atoms with van der Waals surface area (Å²) < 4.78 is 19.6. The van der Waals surface area contributed by atoms with Gasteiger partial charge in [-0.2, -0.15) is 0 Å². The van der Waals surface area contributed by atoms with E-state index in [0.717, 1.165) is 28.3 Å². The number of anilines is 1. The van der Waals surface area contributed by atoms with E-state index in [-0.39, 0.29) is 24.5 Å². The molecule has 0 unspecified atom stereocenters. The minimum Gasteiger partial charge on any atom is -0.478 e. The lowest BCUT2D eigenvalue weighted by Gasteiger charge is -2.26. The molecule has 3 aromatic rings. The van der Waals surface area contributed by atoms with Gasteiger partial charge in [0.1, 0.15) is 12.4 Å². The highest BCUT2D eigenvalue weighted by molar-refractivity contribution is 6.01. The van der Waals surface area contributed by atoms with Crippen molar-refractivity contribution in [2.75, 3.05) is 11.9 Å². The summed E-state index contributed by atoms with van der Waals surface area (Å²) in [5, 5.41) is 14.2. The summed E-state index contributed by atoms with van der Waals surface area (Å²) in [6, 6.07) is 19.5. The van der Waals surface area contributed by atoms with Crippen LogP contribution in [0.1, 0.15) is 47.7 Å². The van der Waals surface area contributed by atoms with Gasteiger partial charge in [-0.3, -0.25) is 4.79 Å². The summed E-state index contributed by atoms with van der Waals surface area (Å²) >= 11 is 0. The average Bonchev–Trinajstić information content (AvgIpc) is 3.12. The molecule has 35 heavy (non-hydrogen) atoms. The smallest absolute Gasteiger partial charge is 0.407 e. The highest BCUT2D eigenvalue weighted by Gasteiger charge is 2.31. The number of benzene rings is 3. The van der Waals surface area contributed by atoms with Crippen LogP contribution in [0.2, 0.25) is 0 Å². The number of para-hydroxylation sites is 1. The zero-order chi connectivity index (χ0) is 25.2. The predicted octanol–water partition coefficient (Wildman–Crippen LogP) is 5.17. The van der Waals surface area contributed by atoms with Crippen LogP contribution in [0.25, 0.3) is 11.1 Å². The van der Waals surface area contributed by atoms with Crippen LogP contribution in [0.4, 0.5) is 14.9 Å². The number of hydrogen-bond donors (Lipinski definition) is 3. The molecule has 0 aliphatic heterocycles. The monoisotopic (exact) mass is 476 g/mol. The van der Waals surface area contributed by atoms with Gasteiger partial charge < -0.3 is 20.5 Å². The van der Waals surface area contributed by atoms with E-state index in [2.05, 4.69) is 10.6 Å². The van der Waals surface area contributed by atoms with Crippen molar-refractivity contribution >= 4 is 23.7 Å². The van der Waals surface area contributed by atoms with Crippen molar-refractivity contribution in [3.63, 3.8) is 0 Å². The van der Waals surface area contributed by atoms with Crippen molar-refractivity contribution in [1.82, 2.24) is 5.32 Å². The summed E-state index contributed by atoms with van der Waals surface area (Å²) in [5.74, 6) is -2.98. The normalized spacial score (nSPS) is 12.4. The number of nitrogens with one attached hydrogen (secondary N) is 2. The molecule has 0 fully saturated rings. The minimum atomic E-state index is -1.36. The highest BCUT2D eigenvalue weighted by atomic mass is 19.1. The van der Waals surface area contributed by atoms with Crippen LogP contribution >= 0.6 is 0 Å². The van der Waals surface area contributed by atoms with Gasteiger partial charge in [0.05, 0.1) is 11.3 Å². The van der Waals surface area contributed by atoms with Gasteiger partial charge >= 0.3 is 12.1 Å². The standard InChI is InChI=1S/C27H25FN2O5/c1-27(2,14-23(31)29-24-20(25(32)33)12-7-13-22(24)28)30-26(34)35-15-21-18-10-5-3-8-16(18)17-9-4-6-11-19(17)21/h3-13,21H,14-15H2,1-2H3,(H,29,31)(H,30,34)(H,32,33). The summed E-state index contributed by atoms with van der Waals surface area (Å²) in [6.07, 6.45) is -0.924. The first-order valence-corrected chi connectivity index (χ1v) is 11.1. The predicted molar refractivity (Wildman–Crippen MR) is 129 cm³/mol. The van der Waals surface area contributed by atoms with E-state index < -0.39 is 35.0 Å². The second-order valence-corrected chi connectivity index (χ2v) is 9.03. The number of carbonyl (C=O) groups is 3. The molecule has 0 aromatic heterocycles. The molecule has 8 heteroatoms. The number of halogens is 1. The third-order valence-electron chi connectivity index (χ3n) is 5.90.